The van der Waals surface area contributed by atoms with Crippen molar-refractivity contribution < 1.29 is 29.0 Å². The van der Waals surface area contributed by atoms with E-state index in [-0.39, 0.29) is 25.9 Å². The Morgan fingerprint density at radius 2 is 1.50 bits per heavy atom. The normalized spacial score (nSPS) is 12.3. The predicted molar refractivity (Wildman–Crippen MR) is 109 cm³/mol. The highest BCUT2D eigenvalue weighted by atomic mass is 16.5. The van der Waals surface area contributed by atoms with Gasteiger partial charge in [0, 0.05) is 12.8 Å². The Labute approximate surface area is 174 Å². The lowest BCUT2D eigenvalue weighted by Crippen LogP contribution is -2.52. The summed E-state index contributed by atoms with van der Waals surface area (Å²) in [6.07, 6.45) is -0.0859. The van der Waals surface area contributed by atoms with Gasteiger partial charge in [-0.05, 0) is 17.5 Å². The second-order valence-electron chi connectivity index (χ2n) is 6.59. The average molecular weight is 412 g/mol. The van der Waals surface area contributed by atoms with Crippen LogP contribution in [0.3, 0.4) is 0 Å². The molecule has 3 N–H and O–H groups in total. The largest absolute Gasteiger partial charge is 0.480 e. The van der Waals surface area contributed by atoms with Crippen molar-refractivity contribution in [3.8, 4) is 0 Å². The van der Waals surface area contributed by atoms with Crippen LogP contribution >= 0.6 is 0 Å². The summed E-state index contributed by atoms with van der Waals surface area (Å²) in [5, 5.41) is 14.3. The van der Waals surface area contributed by atoms with Crippen molar-refractivity contribution in [2.24, 2.45) is 0 Å². The van der Waals surface area contributed by atoms with E-state index in [2.05, 4.69) is 10.6 Å². The maximum atomic E-state index is 12.6. The SMILES string of the molecule is O=CCCC(NC(=O)OCc1ccccc1)C(=O)N[C@@H](Cc1ccccc1)C(=O)O. The molecule has 0 fully saturated rings. The number of carboxylic acids is 1. The topological polar surface area (TPSA) is 122 Å². The van der Waals surface area contributed by atoms with E-state index in [0.717, 1.165) is 11.1 Å². The van der Waals surface area contributed by atoms with E-state index in [4.69, 9.17) is 4.74 Å². The van der Waals surface area contributed by atoms with Gasteiger partial charge in [-0.15, -0.1) is 0 Å². The Bertz CT molecular complexity index is 841. The number of carbonyl (C=O) groups is 4. The van der Waals surface area contributed by atoms with Gasteiger partial charge in [-0.3, -0.25) is 4.79 Å². The number of benzene rings is 2. The third-order valence-electron chi connectivity index (χ3n) is 4.29. The third-order valence-corrected chi connectivity index (χ3v) is 4.29. The molecule has 0 saturated carbocycles. The monoisotopic (exact) mass is 412 g/mol. The van der Waals surface area contributed by atoms with Crippen LogP contribution < -0.4 is 10.6 Å². The number of carboxylic acid groups (broad SMARTS) is 1. The van der Waals surface area contributed by atoms with E-state index in [0.29, 0.717) is 6.29 Å². The van der Waals surface area contributed by atoms with Crippen LogP contribution in [0.1, 0.15) is 24.0 Å². The molecule has 0 aliphatic rings. The molecule has 2 atom stereocenters. The van der Waals surface area contributed by atoms with Gasteiger partial charge in [0.15, 0.2) is 0 Å². The van der Waals surface area contributed by atoms with E-state index in [9.17, 15) is 24.3 Å². The number of hydrogen-bond acceptors (Lipinski definition) is 5. The molecule has 2 amide bonds. The number of hydrogen-bond donors (Lipinski definition) is 3. The maximum Gasteiger partial charge on any atom is 0.408 e. The molecule has 0 heterocycles. The van der Waals surface area contributed by atoms with Gasteiger partial charge in [-0.1, -0.05) is 60.7 Å². The summed E-state index contributed by atoms with van der Waals surface area (Å²) in [5.41, 5.74) is 1.51. The molecular formula is C22H24N2O6. The van der Waals surface area contributed by atoms with Crippen LogP contribution in [0.4, 0.5) is 4.79 Å². The first-order valence-electron chi connectivity index (χ1n) is 9.47. The fourth-order valence-electron chi connectivity index (χ4n) is 2.73. The van der Waals surface area contributed by atoms with Crippen molar-refractivity contribution in [3.05, 3.63) is 71.8 Å². The molecule has 0 bridgehead atoms. The molecule has 0 aliphatic heterocycles. The highest BCUT2D eigenvalue weighted by Gasteiger charge is 2.27. The van der Waals surface area contributed by atoms with Gasteiger partial charge < -0.3 is 25.3 Å². The summed E-state index contributed by atoms with van der Waals surface area (Å²) >= 11 is 0. The quantitative estimate of drug-likeness (QED) is 0.486. The molecule has 0 aliphatic carbocycles. The van der Waals surface area contributed by atoms with Gasteiger partial charge in [0.1, 0.15) is 25.0 Å². The number of rotatable bonds is 11. The minimum absolute atomic E-state index is 0.0143. The summed E-state index contributed by atoms with van der Waals surface area (Å²) in [5.74, 6) is -1.90. The first-order chi connectivity index (χ1) is 14.5. The van der Waals surface area contributed by atoms with Crippen molar-refractivity contribution in [1.82, 2.24) is 10.6 Å². The summed E-state index contributed by atoms with van der Waals surface area (Å²) in [6, 6.07) is 15.6. The van der Waals surface area contributed by atoms with Crippen molar-refractivity contribution in [2.45, 2.75) is 38.0 Å². The minimum Gasteiger partial charge on any atom is -0.480 e. The lowest BCUT2D eigenvalue weighted by Gasteiger charge is -2.21. The molecule has 30 heavy (non-hydrogen) atoms. The van der Waals surface area contributed by atoms with E-state index in [1.165, 1.54) is 0 Å². The first-order valence-corrected chi connectivity index (χ1v) is 9.47. The zero-order chi connectivity index (χ0) is 21.8. The molecule has 2 aromatic carbocycles. The van der Waals surface area contributed by atoms with E-state index in [1.807, 2.05) is 6.07 Å². The average Bonchev–Trinajstić information content (AvgIpc) is 2.76. The number of nitrogens with one attached hydrogen (secondary N) is 2. The molecule has 2 rings (SSSR count). The smallest absolute Gasteiger partial charge is 0.408 e. The summed E-state index contributed by atoms with van der Waals surface area (Å²) in [4.78, 5) is 47.0. The Morgan fingerprint density at radius 1 is 0.900 bits per heavy atom. The Balaban J connectivity index is 1.97. The molecule has 0 saturated heterocycles. The standard InChI is InChI=1S/C22H24N2O6/c25-13-7-12-18(24-22(29)30-15-17-10-5-2-6-11-17)20(26)23-19(21(27)28)14-16-8-3-1-4-9-16/h1-6,8-11,13,18-19H,7,12,14-15H2,(H,23,26)(H,24,29)(H,27,28)/t18?,19-/m0/s1. The summed E-state index contributed by atoms with van der Waals surface area (Å²) in [7, 11) is 0. The van der Waals surface area contributed by atoms with E-state index >= 15 is 0 Å². The molecule has 158 valence electrons. The van der Waals surface area contributed by atoms with Crippen LogP contribution in [0.25, 0.3) is 0 Å². The van der Waals surface area contributed by atoms with Crippen LogP contribution in [0.2, 0.25) is 0 Å². The van der Waals surface area contributed by atoms with E-state index in [1.54, 1.807) is 54.6 Å². The van der Waals surface area contributed by atoms with Crippen molar-refractivity contribution in [1.29, 1.82) is 0 Å². The zero-order valence-electron chi connectivity index (χ0n) is 16.3. The predicted octanol–water partition coefficient (Wildman–Crippen LogP) is 2.07. The number of carbonyl (C=O) groups excluding carboxylic acids is 3. The fraction of sp³-hybridized carbons (Fsp3) is 0.273. The molecule has 0 radical (unpaired) electrons. The van der Waals surface area contributed by atoms with Crippen molar-refractivity contribution in [3.63, 3.8) is 0 Å². The van der Waals surface area contributed by atoms with Gasteiger partial charge in [0.05, 0.1) is 0 Å². The number of aliphatic carboxylic acids is 1. The van der Waals surface area contributed by atoms with Gasteiger partial charge in [0.2, 0.25) is 5.91 Å². The van der Waals surface area contributed by atoms with Crippen molar-refractivity contribution >= 4 is 24.3 Å². The highest BCUT2D eigenvalue weighted by molar-refractivity contribution is 5.89. The van der Waals surface area contributed by atoms with Gasteiger partial charge in [-0.2, -0.15) is 0 Å². The van der Waals surface area contributed by atoms with Crippen LogP contribution in [-0.2, 0) is 32.1 Å². The van der Waals surface area contributed by atoms with Gasteiger partial charge in [0.25, 0.3) is 0 Å². The van der Waals surface area contributed by atoms with Crippen molar-refractivity contribution in [2.75, 3.05) is 0 Å². The van der Waals surface area contributed by atoms with E-state index < -0.39 is 30.1 Å². The van der Waals surface area contributed by atoms with Crippen LogP contribution in [0, 0.1) is 0 Å². The number of alkyl carbamates (subject to hydrolysis) is 1. The second kappa shape index (κ2) is 12.0. The second-order valence-corrected chi connectivity index (χ2v) is 6.59. The molecule has 8 nitrogen and oxygen atoms in total. The summed E-state index contributed by atoms with van der Waals surface area (Å²) < 4.78 is 5.10. The minimum atomic E-state index is -1.20. The lowest BCUT2D eigenvalue weighted by molar-refractivity contribution is -0.142. The van der Waals surface area contributed by atoms with Crippen LogP contribution in [0.15, 0.2) is 60.7 Å². The maximum absolute atomic E-state index is 12.6. The van der Waals surface area contributed by atoms with Crippen LogP contribution in [-0.4, -0.2) is 41.4 Å². The number of amides is 2. The molecule has 1 unspecified atom stereocenters. The van der Waals surface area contributed by atoms with Gasteiger partial charge >= 0.3 is 12.1 Å². The zero-order valence-corrected chi connectivity index (χ0v) is 16.3. The fourth-order valence-corrected chi connectivity index (χ4v) is 2.73. The Hall–Kier alpha value is -3.68. The molecule has 2 aromatic rings. The van der Waals surface area contributed by atoms with Crippen LogP contribution in [0.5, 0.6) is 0 Å². The number of ether oxygens (including phenoxy) is 1. The molecule has 8 heteroatoms. The summed E-state index contributed by atoms with van der Waals surface area (Å²) in [6.45, 7) is 0.0143. The van der Waals surface area contributed by atoms with Gasteiger partial charge in [-0.25, -0.2) is 9.59 Å². The number of aldehydes is 1. The Morgan fingerprint density at radius 3 is 2.07 bits per heavy atom. The lowest BCUT2D eigenvalue weighted by atomic mass is 10.0. The Kier molecular flexibility index (Phi) is 9.05. The third kappa shape index (κ3) is 7.75. The molecule has 0 aromatic heterocycles. The highest BCUT2D eigenvalue weighted by Crippen LogP contribution is 2.06. The molecular weight excluding hydrogens is 388 g/mol. The molecule has 0 spiro atoms. The first kappa shape index (κ1) is 22.6.